The van der Waals surface area contributed by atoms with Gasteiger partial charge in [0.15, 0.2) is 5.71 Å². The van der Waals surface area contributed by atoms with Crippen LogP contribution in [-0.4, -0.2) is 35.5 Å². The van der Waals surface area contributed by atoms with Crippen LogP contribution in [0.1, 0.15) is 22.8 Å². The number of hydrazone groups is 1. The lowest BCUT2D eigenvalue weighted by molar-refractivity contribution is -0.270. The summed E-state index contributed by atoms with van der Waals surface area (Å²) >= 11 is 5.85. The zero-order valence-electron chi connectivity index (χ0n) is 15.7. The number of hydrogen-bond donors (Lipinski definition) is 1. The number of anilines is 1. The summed E-state index contributed by atoms with van der Waals surface area (Å²) in [7, 11) is 0. The number of carboxylic acid groups (broad SMARTS) is 1. The van der Waals surface area contributed by atoms with E-state index in [1.807, 2.05) is 0 Å². The summed E-state index contributed by atoms with van der Waals surface area (Å²) in [6, 6.07) is 6.89. The largest absolute Gasteiger partial charge is 0.869 e. The first-order valence-corrected chi connectivity index (χ1v) is 9.09. The summed E-state index contributed by atoms with van der Waals surface area (Å²) in [5, 5.41) is 24.5. The number of carbonyl (C=O) groups excluding carboxylic acids is 1. The summed E-state index contributed by atoms with van der Waals surface area (Å²) in [4.78, 5) is 23.7. The Morgan fingerprint density at radius 1 is 1.29 bits per heavy atom. The molecule has 0 unspecified atom stereocenters. The lowest BCUT2D eigenvalue weighted by Gasteiger charge is -2.16. The Morgan fingerprint density at radius 2 is 1.94 bits per heavy atom. The maximum atomic E-state index is 13.6. The molecule has 0 radical (unpaired) electrons. The van der Waals surface area contributed by atoms with Crippen molar-refractivity contribution < 1.29 is 37.7 Å². The van der Waals surface area contributed by atoms with Crippen LogP contribution >= 0.6 is 11.6 Å². The second kappa shape index (κ2) is 8.31. The van der Waals surface area contributed by atoms with Gasteiger partial charge in [0.25, 0.3) is 5.91 Å². The van der Waals surface area contributed by atoms with E-state index in [9.17, 15) is 27.9 Å². The molecule has 1 amide bonds. The Morgan fingerprint density at radius 3 is 2.48 bits per heavy atom. The lowest BCUT2D eigenvalue weighted by Crippen LogP contribution is -2.25. The fraction of sp³-hybridized carbons (Fsp3) is 0.150. The third kappa shape index (κ3) is 4.48. The van der Waals surface area contributed by atoms with Gasteiger partial charge in [-0.3, -0.25) is 4.79 Å². The van der Waals surface area contributed by atoms with Crippen molar-refractivity contribution in [2.75, 3.05) is 11.6 Å². The van der Waals surface area contributed by atoms with Crippen LogP contribution in [0, 0.1) is 0 Å². The molecule has 1 aliphatic heterocycles. The Balaban J connectivity index is 2.07. The molecule has 3 rings (SSSR count). The molecule has 0 saturated carbocycles. The van der Waals surface area contributed by atoms with Crippen LogP contribution in [0.2, 0.25) is 5.02 Å². The first-order chi connectivity index (χ1) is 14.5. The predicted octanol–water partition coefficient (Wildman–Crippen LogP) is 3.86. The number of carboxylic acids is 1. The van der Waals surface area contributed by atoms with Gasteiger partial charge in [-0.15, -0.1) is 0 Å². The first kappa shape index (κ1) is 22.2. The molecule has 0 bridgehead atoms. The van der Waals surface area contributed by atoms with Crippen LogP contribution in [0.3, 0.4) is 0 Å². The summed E-state index contributed by atoms with van der Waals surface area (Å²) in [5.41, 5.74) is -2.34. The molecule has 11 heteroatoms. The zero-order chi connectivity index (χ0) is 22.9. The number of benzene rings is 2. The molecule has 0 aliphatic carbocycles. The lowest BCUT2D eigenvalue weighted by atomic mass is 10.1. The van der Waals surface area contributed by atoms with E-state index in [0.29, 0.717) is 5.01 Å². The van der Waals surface area contributed by atoms with E-state index in [0.717, 1.165) is 36.4 Å². The molecule has 1 aliphatic rings. The van der Waals surface area contributed by atoms with Crippen molar-refractivity contribution in [2.24, 2.45) is 5.10 Å². The van der Waals surface area contributed by atoms with E-state index < -0.39 is 35.1 Å². The molecule has 0 spiro atoms. The van der Waals surface area contributed by atoms with Gasteiger partial charge in [0.1, 0.15) is 5.75 Å². The second-order valence-electron chi connectivity index (χ2n) is 6.24. The molecule has 162 valence electrons. The topological polar surface area (TPSA) is 102 Å². The van der Waals surface area contributed by atoms with Crippen molar-refractivity contribution in [2.45, 2.75) is 13.1 Å². The molecule has 2 aromatic carbocycles. The fourth-order valence-corrected chi connectivity index (χ4v) is 2.99. The molecular formula is C20H13ClF3N2O5-. The third-order valence-electron chi connectivity index (χ3n) is 4.15. The number of rotatable bonds is 5. The average molecular weight is 454 g/mol. The molecule has 0 fully saturated rings. The van der Waals surface area contributed by atoms with Crippen molar-refractivity contribution >= 4 is 41.0 Å². The minimum Gasteiger partial charge on any atom is -0.869 e. The van der Waals surface area contributed by atoms with E-state index in [4.69, 9.17) is 21.4 Å². The monoisotopic (exact) mass is 453 g/mol. The third-order valence-corrected chi connectivity index (χ3v) is 4.43. The maximum absolute atomic E-state index is 13.6. The fourth-order valence-electron chi connectivity index (χ4n) is 2.78. The second-order valence-corrected chi connectivity index (χ2v) is 6.64. The van der Waals surface area contributed by atoms with Crippen molar-refractivity contribution in [3.05, 3.63) is 58.1 Å². The van der Waals surface area contributed by atoms with E-state index >= 15 is 0 Å². The Bertz CT molecular complexity index is 1110. The maximum Gasteiger partial charge on any atom is 0.435 e. The molecule has 31 heavy (non-hydrogen) atoms. The molecule has 1 heterocycles. The molecule has 0 saturated heterocycles. The van der Waals surface area contributed by atoms with Gasteiger partial charge in [-0.25, -0.2) is 4.79 Å². The van der Waals surface area contributed by atoms with Gasteiger partial charge in [0.2, 0.25) is 0 Å². The normalized spacial score (nSPS) is 15.4. The summed E-state index contributed by atoms with van der Waals surface area (Å²) < 4.78 is 45.8. The smallest absolute Gasteiger partial charge is 0.435 e. The predicted molar refractivity (Wildman–Crippen MR) is 104 cm³/mol. The summed E-state index contributed by atoms with van der Waals surface area (Å²) in [6.45, 7) is 1.74. The Labute approximate surface area is 178 Å². The number of hydrogen-bond acceptors (Lipinski definition) is 5. The van der Waals surface area contributed by atoms with Crippen LogP contribution in [0.4, 0.5) is 18.9 Å². The zero-order valence-corrected chi connectivity index (χ0v) is 16.5. The number of halogens is 4. The molecule has 7 nitrogen and oxygen atoms in total. The number of alkyl halides is 3. The minimum absolute atomic E-state index is 0.0384. The van der Waals surface area contributed by atoms with E-state index in [2.05, 4.69) is 5.10 Å². The van der Waals surface area contributed by atoms with E-state index in [1.54, 1.807) is 6.92 Å². The van der Waals surface area contributed by atoms with Gasteiger partial charge in [-0.05, 0) is 60.7 Å². The SMILES string of the molecule is CCOc1cc(/C=C2\C(=O)N(c3ccc(C(=O)O)cc3)N=C2C(F)(F)F)cc(Cl)c1[O-]. The van der Waals surface area contributed by atoms with Crippen molar-refractivity contribution in [3.8, 4) is 11.5 Å². The van der Waals surface area contributed by atoms with Crippen molar-refractivity contribution in [1.82, 2.24) is 0 Å². The Hall–Kier alpha value is -3.53. The highest BCUT2D eigenvalue weighted by molar-refractivity contribution is 6.35. The molecular weight excluding hydrogens is 441 g/mol. The van der Waals surface area contributed by atoms with Gasteiger partial charge in [-0.2, -0.15) is 23.3 Å². The highest BCUT2D eigenvalue weighted by Gasteiger charge is 2.46. The van der Waals surface area contributed by atoms with Crippen LogP contribution in [0.25, 0.3) is 6.08 Å². The van der Waals surface area contributed by atoms with Crippen molar-refractivity contribution in [1.29, 1.82) is 0 Å². The highest BCUT2D eigenvalue weighted by atomic mass is 35.5. The quantitative estimate of drug-likeness (QED) is 0.693. The van der Waals surface area contributed by atoms with Gasteiger partial charge < -0.3 is 14.9 Å². The van der Waals surface area contributed by atoms with Crippen molar-refractivity contribution in [3.63, 3.8) is 0 Å². The Kier molecular flexibility index (Phi) is 5.94. The van der Waals surface area contributed by atoms with E-state index in [-0.39, 0.29) is 34.2 Å². The van der Waals surface area contributed by atoms with Crippen LogP contribution < -0.4 is 14.9 Å². The van der Waals surface area contributed by atoms with Crippen LogP contribution in [-0.2, 0) is 4.79 Å². The number of amides is 1. The molecule has 0 atom stereocenters. The number of nitrogens with zero attached hydrogens (tertiary/aromatic N) is 2. The van der Waals surface area contributed by atoms with Gasteiger partial charge >= 0.3 is 12.1 Å². The molecule has 1 N–H and O–H groups in total. The summed E-state index contributed by atoms with van der Waals surface area (Å²) in [6.07, 6.45) is -4.05. The highest BCUT2D eigenvalue weighted by Crippen LogP contribution is 2.36. The van der Waals surface area contributed by atoms with Gasteiger partial charge in [-0.1, -0.05) is 11.6 Å². The molecule has 2 aromatic rings. The minimum atomic E-state index is -4.96. The van der Waals surface area contributed by atoms with Gasteiger partial charge in [0, 0.05) is 5.02 Å². The number of aromatic carboxylic acids is 1. The van der Waals surface area contributed by atoms with Crippen LogP contribution in [0.5, 0.6) is 11.5 Å². The first-order valence-electron chi connectivity index (χ1n) is 8.72. The van der Waals surface area contributed by atoms with E-state index in [1.165, 1.54) is 6.07 Å². The summed E-state index contributed by atoms with van der Waals surface area (Å²) in [5.74, 6) is -3.12. The van der Waals surface area contributed by atoms with Crippen LogP contribution in [0.15, 0.2) is 47.1 Å². The number of ether oxygens (including phenoxy) is 1. The number of carbonyl (C=O) groups is 2. The standard InChI is InChI=1S/C20H14ClF3N2O5/c1-2-31-15-9-10(8-14(21)16(15)27)7-13-17(20(22,23)24)25-26(18(13)28)12-5-3-11(4-6-12)19(29)30/h3-9,27H,2H2,1H3,(H,29,30)/p-1/b13-7-. The average Bonchev–Trinajstić information content (AvgIpc) is 3.02. The molecule has 0 aromatic heterocycles. The van der Waals surface area contributed by atoms with Gasteiger partial charge in [0.05, 0.1) is 23.4 Å².